The maximum Gasteiger partial charge on any atom is 0.273 e. The SMILES string of the molecule is Cc1cc(=O)nc2n1-c1ccc(N(C)C)cc1C(c1ccccc1)=NC2. The quantitative estimate of drug-likeness (QED) is 0.718. The molecule has 4 rings (SSSR count). The number of benzene rings is 2. The molecule has 5 heteroatoms. The van der Waals surface area contributed by atoms with Crippen LogP contribution in [0.4, 0.5) is 5.69 Å². The Morgan fingerprint density at radius 1 is 1.04 bits per heavy atom. The van der Waals surface area contributed by atoms with Crippen LogP contribution in [0.5, 0.6) is 0 Å². The van der Waals surface area contributed by atoms with Crippen LogP contribution < -0.4 is 10.5 Å². The van der Waals surface area contributed by atoms with Gasteiger partial charge in [0, 0.05) is 42.7 Å². The van der Waals surface area contributed by atoms with Crippen molar-refractivity contribution in [3.8, 4) is 5.69 Å². The van der Waals surface area contributed by atoms with Crippen molar-refractivity contribution in [2.45, 2.75) is 13.5 Å². The van der Waals surface area contributed by atoms with Crippen LogP contribution in [-0.4, -0.2) is 29.4 Å². The van der Waals surface area contributed by atoms with Crippen molar-refractivity contribution in [3.63, 3.8) is 0 Å². The van der Waals surface area contributed by atoms with Gasteiger partial charge in [0.2, 0.25) is 0 Å². The fraction of sp³-hybridized carbons (Fsp3) is 0.190. The van der Waals surface area contributed by atoms with Gasteiger partial charge in [-0.25, -0.2) is 0 Å². The Balaban J connectivity index is 2.04. The van der Waals surface area contributed by atoms with Gasteiger partial charge in [0.15, 0.2) is 0 Å². The van der Waals surface area contributed by atoms with Crippen LogP contribution in [0.15, 0.2) is 64.4 Å². The van der Waals surface area contributed by atoms with E-state index >= 15 is 0 Å². The van der Waals surface area contributed by atoms with Crippen molar-refractivity contribution in [2.24, 2.45) is 4.99 Å². The van der Waals surface area contributed by atoms with Crippen LogP contribution in [0.2, 0.25) is 0 Å². The van der Waals surface area contributed by atoms with Gasteiger partial charge in [-0.15, -0.1) is 0 Å². The molecule has 0 N–H and O–H groups in total. The van der Waals surface area contributed by atoms with E-state index in [2.05, 4.69) is 40.2 Å². The van der Waals surface area contributed by atoms with Gasteiger partial charge >= 0.3 is 0 Å². The molecule has 0 atom stereocenters. The third-order valence-electron chi connectivity index (χ3n) is 4.60. The first-order chi connectivity index (χ1) is 12.5. The first-order valence-electron chi connectivity index (χ1n) is 8.56. The van der Waals surface area contributed by atoms with E-state index in [1.807, 2.05) is 43.8 Å². The minimum Gasteiger partial charge on any atom is -0.378 e. The average molecular weight is 344 g/mol. The van der Waals surface area contributed by atoms with Crippen LogP contribution in [0.25, 0.3) is 5.69 Å². The summed E-state index contributed by atoms with van der Waals surface area (Å²) in [6, 6.07) is 18.0. The first-order valence-corrected chi connectivity index (χ1v) is 8.56. The molecular weight excluding hydrogens is 324 g/mol. The molecule has 0 amide bonds. The monoisotopic (exact) mass is 344 g/mol. The smallest absolute Gasteiger partial charge is 0.273 e. The fourth-order valence-electron chi connectivity index (χ4n) is 3.36. The lowest BCUT2D eigenvalue weighted by molar-refractivity contribution is 0.794. The molecule has 2 aromatic carbocycles. The van der Waals surface area contributed by atoms with E-state index < -0.39 is 0 Å². The molecule has 0 saturated carbocycles. The van der Waals surface area contributed by atoms with Crippen molar-refractivity contribution >= 4 is 11.4 Å². The van der Waals surface area contributed by atoms with E-state index in [0.29, 0.717) is 12.4 Å². The van der Waals surface area contributed by atoms with E-state index in [1.54, 1.807) is 6.07 Å². The van der Waals surface area contributed by atoms with Crippen molar-refractivity contribution in [1.82, 2.24) is 9.55 Å². The maximum absolute atomic E-state index is 11.9. The highest BCUT2D eigenvalue weighted by atomic mass is 16.1. The molecule has 0 unspecified atom stereocenters. The number of hydrogen-bond donors (Lipinski definition) is 0. The van der Waals surface area contributed by atoms with Gasteiger partial charge in [-0.1, -0.05) is 30.3 Å². The second-order valence-corrected chi connectivity index (χ2v) is 6.61. The van der Waals surface area contributed by atoms with E-state index in [9.17, 15) is 4.79 Å². The molecule has 1 aromatic heterocycles. The third-order valence-corrected chi connectivity index (χ3v) is 4.60. The number of aliphatic imine (C=N–C) groups is 1. The summed E-state index contributed by atoms with van der Waals surface area (Å²) < 4.78 is 2.04. The second kappa shape index (κ2) is 6.26. The van der Waals surface area contributed by atoms with Gasteiger partial charge in [-0.2, -0.15) is 4.98 Å². The van der Waals surface area contributed by atoms with Crippen molar-refractivity contribution in [2.75, 3.05) is 19.0 Å². The van der Waals surface area contributed by atoms with Crippen LogP contribution in [0.3, 0.4) is 0 Å². The summed E-state index contributed by atoms with van der Waals surface area (Å²) in [6.07, 6.45) is 0. The summed E-state index contributed by atoms with van der Waals surface area (Å²) in [5, 5.41) is 0. The largest absolute Gasteiger partial charge is 0.378 e. The first kappa shape index (κ1) is 16.3. The van der Waals surface area contributed by atoms with Crippen molar-refractivity contribution in [1.29, 1.82) is 0 Å². The maximum atomic E-state index is 11.9. The lowest BCUT2D eigenvalue weighted by Crippen LogP contribution is -2.18. The summed E-state index contributed by atoms with van der Waals surface area (Å²) in [5.41, 5.74) is 5.74. The van der Waals surface area contributed by atoms with Gasteiger partial charge in [0.25, 0.3) is 5.56 Å². The Kier molecular flexibility index (Phi) is 3.92. The number of nitrogens with zero attached hydrogens (tertiary/aromatic N) is 4. The summed E-state index contributed by atoms with van der Waals surface area (Å²) in [4.78, 5) is 23.0. The third kappa shape index (κ3) is 2.71. The number of hydrogen-bond acceptors (Lipinski definition) is 4. The molecule has 5 nitrogen and oxygen atoms in total. The normalized spacial score (nSPS) is 12.7. The van der Waals surface area contributed by atoms with Gasteiger partial charge in [0.1, 0.15) is 5.82 Å². The molecule has 0 saturated heterocycles. The number of aromatic nitrogens is 2. The predicted molar refractivity (Wildman–Crippen MR) is 105 cm³/mol. The van der Waals surface area contributed by atoms with Gasteiger partial charge in [-0.3, -0.25) is 9.79 Å². The van der Waals surface area contributed by atoms with Crippen LogP contribution in [0.1, 0.15) is 22.6 Å². The predicted octanol–water partition coefficient (Wildman–Crippen LogP) is 2.96. The van der Waals surface area contributed by atoms with E-state index in [4.69, 9.17) is 4.99 Å². The highest BCUT2D eigenvalue weighted by Gasteiger charge is 2.21. The molecule has 1 aliphatic heterocycles. The zero-order valence-corrected chi connectivity index (χ0v) is 15.1. The molecular formula is C21H20N4O. The van der Waals surface area contributed by atoms with E-state index in [0.717, 1.165) is 33.9 Å². The van der Waals surface area contributed by atoms with Gasteiger partial charge < -0.3 is 9.47 Å². The summed E-state index contributed by atoms with van der Waals surface area (Å²) >= 11 is 0. The highest BCUT2D eigenvalue weighted by Crippen LogP contribution is 2.28. The molecule has 0 aliphatic carbocycles. The number of rotatable bonds is 2. The minimum absolute atomic E-state index is 0.224. The van der Waals surface area contributed by atoms with Crippen LogP contribution >= 0.6 is 0 Å². The average Bonchev–Trinajstić information content (AvgIpc) is 2.78. The molecule has 3 aromatic rings. The Hall–Kier alpha value is -3.21. The highest BCUT2D eigenvalue weighted by molar-refractivity contribution is 6.15. The Labute approximate surface area is 152 Å². The molecule has 0 bridgehead atoms. The Morgan fingerprint density at radius 3 is 2.54 bits per heavy atom. The van der Waals surface area contributed by atoms with Gasteiger partial charge in [-0.05, 0) is 25.1 Å². The van der Waals surface area contributed by atoms with Gasteiger partial charge in [0.05, 0.1) is 17.9 Å². The molecule has 0 fully saturated rings. The lowest BCUT2D eigenvalue weighted by Gasteiger charge is -2.19. The molecule has 26 heavy (non-hydrogen) atoms. The fourth-order valence-corrected chi connectivity index (χ4v) is 3.36. The zero-order valence-electron chi connectivity index (χ0n) is 15.1. The molecule has 0 spiro atoms. The van der Waals surface area contributed by atoms with Crippen LogP contribution in [0, 0.1) is 6.92 Å². The molecule has 0 radical (unpaired) electrons. The summed E-state index contributed by atoms with van der Waals surface area (Å²) in [7, 11) is 4.05. The van der Waals surface area contributed by atoms with Crippen molar-refractivity contribution < 1.29 is 0 Å². The molecule has 2 heterocycles. The zero-order chi connectivity index (χ0) is 18.3. The second-order valence-electron chi connectivity index (χ2n) is 6.61. The van der Waals surface area contributed by atoms with Crippen LogP contribution in [-0.2, 0) is 6.54 Å². The summed E-state index contributed by atoms with van der Waals surface area (Å²) in [5.74, 6) is 0.666. The Morgan fingerprint density at radius 2 is 1.81 bits per heavy atom. The molecule has 130 valence electrons. The number of anilines is 1. The minimum atomic E-state index is -0.224. The Bertz CT molecular complexity index is 1070. The standard InChI is InChI=1S/C21H20N4O/c1-14-11-20(26)23-19-13-22-21(15-7-5-4-6-8-15)17-12-16(24(2)3)9-10-18(17)25(14)19/h4-12H,13H2,1-3H3. The van der Waals surface area contributed by atoms with Crippen molar-refractivity contribution in [3.05, 3.63) is 87.6 Å². The molecule has 1 aliphatic rings. The topological polar surface area (TPSA) is 50.5 Å². The number of aryl methyl sites for hydroxylation is 1. The lowest BCUT2D eigenvalue weighted by atomic mass is 9.99. The van der Waals surface area contributed by atoms with E-state index in [-0.39, 0.29) is 5.56 Å². The summed E-state index contributed by atoms with van der Waals surface area (Å²) in [6.45, 7) is 2.30. The number of fused-ring (bicyclic) bond motifs is 3. The van der Waals surface area contributed by atoms with E-state index in [1.165, 1.54) is 0 Å².